The number of rotatable bonds is 4. The van der Waals surface area contributed by atoms with Gasteiger partial charge in [0.1, 0.15) is 0 Å². The second-order valence-corrected chi connectivity index (χ2v) is 6.80. The average Bonchev–Trinajstić information content (AvgIpc) is 3.07. The highest BCUT2D eigenvalue weighted by atomic mass is 16.1. The van der Waals surface area contributed by atoms with Crippen molar-refractivity contribution in [2.75, 3.05) is 0 Å². The first-order valence-electron chi connectivity index (χ1n) is 9.03. The van der Waals surface area contributed by atoms with E-state index in [4.69, 9.17) is 0 Å². The van der Waals surface area contributed by atoms with E-state index in [9.17, 15) is 4.79 Å². The van der Waals surface area contributed by atoms with Gasteiger partial charge in [0.25, 0.3) is 5.91 Å². The zero-order valence-electron chi connectivity index (χ0n) is 14.9. The van der Waals surface area contributed by atoms with Crippen molar-refractivity contribution in [2.45, 2.75) is 38.8 Å². The van der Waals surface area contributed by atoms with E-state index in [0.29, 0.717) is 5.56 Å². The number of pyridine rings is 1. The van der Waals surface area contributed by atoms with Gasteiger partial charge in [0.15, 0.2) is 0 Å². The van der Waals surface area contributed by atoms with Crippen LogP contribution in [0.15, 0.2) is 54.9 Å². The molecule has 5 heteroatoms. The molecular weight excluding hydrogens is 324 g/mol. The van der Waals surface area contributed by atoms with Crippen LogP contribution in [0.25, 0.3) is 0 Å². The number of nitrogens with zero attached hydrogens (tertiary/aromatic N) is 3. The minimum absolute atomic E-state index is 0.0112. The molecule has 1 N–H and O–H groups in total. The molecule has 0 fully saturated rings. The molecule has 4 rings (SSSR count). The summed E-state index contributed by atoms with van der Waals surface area (Å²) in [4.78, 5) is 16.8. The number of benzene rings is 1. The SMILES string of the molecule is Cc1ccc(C(=O)N[C@@H]2CCCc3c2cnn3Cc2ccccc2)cn1. The van der Waals surface area contributed by atoms with Gasteiger partial charge in [-0.25, -0.2) is 0 Å². The molecule has 0 saturated heterocycles. The van der Waals surface area contributed by atoms with Crippen molar-refractivity contribution >= 4 is 5.91 Å². The number of fused-ring (bicyclic) bond motifs is 1. The molecule has 0 radical (unpaired) electrons. The first-order valence-corrected chi connectivity index (χ1v) is 9.03. The van der Waals surface area contributed by atoms with Crippen molar-refractivity contribution in [3.05, 3.63) is 82.9 Å². The molecule has 132 valence electrons. The Kier molecular flexibility index (Phi) is 4.52. The fourth-order valence-electron chi connectivity index (χ4n) is 3.50. The molecule has 1 amide bonds. The third kappa shape index (κ3) is 3.38. The summed E-state index contributed by atoms with van der Waals surface area (Å²) < 4.78 is 2.07. The van der Waals surface area contributed by atoms with Gasteiger partial charge >= 0.3 is 0 Å². The molecule has 2 aromatic heterocycles. The second kappa shape index (κ2) is 7.12. The van der Waals surface area contributed by atoms with Gasteiger partial charge in [0.05, 0.1) is 24.3 Å². The molecule has 0 unspecified atom stereocenters. The average molecular weight is 346 g/mol. The first-order chi connectivity index (χ1) is 12.7. The van der Waals surface area contributed by atoms with Crippen LogP contribution in [0.2, 0.25) is 0 Å². The maximum absolute atomic E-state index is 12.6. The molecule has 3 aromatic rings. The van der Waals surface area contributed by atoms with Crippen LogP contribution in [0.3, 0.4) is 0 Å². The van der Waals surface area contributed by atoms with Crippen LogP contribution in [0, 0.1) is 6.92 Å². The number of aromatic nitrogens is 3. The van der Waals surface area contributed by atoms with E-state index < -0.39 is 0 Å². The fourth-order valence-corrected chi connectivity index (χ4v) is 3.50. The summed E-state index contributed by atoms with van der Waals surface area (Å²) in [7, 11) is 0. The quantitative estimate of drug-likeness (QED) is 0.787. The van der Waals surface area contributed by atoms with E-state index in [1.54, 1.807) is 6.20 Å². The predicted octanol–water partition coefficient (Wildman–Crippen LogP) is 3.44. The summed E-state index contributed by atoms with van der Waals surface area (Å²) in [5.41, 5.74) is 5.10. The van der Waals surface area contributed by atoms with Crippen LogP contribution in [-0.2, 0) is 13.0 Å². The molecule has 0 bridgehead atoms. The highest BCUT2D eigenvalue weighted by Crippen LogP contribution is 2.30. The monoisotopic (exact) mass is 346 g/mol. The van der Waals surface area contributed by atoms with Crippen molar-refractivity contribution < 1.29 is 4.79 Å². The van der Waals surface area contributed by atoms with Crippen molar-refractivity contribution in [1.82, 2.24) is 20.1 Å². The summed E-state index contributed by atoms with van der Waals surface area (Å²) in [6.07, 6.45) is 6.53. The molecule has 5 nitrogen and oxygen atoms in total. The van der Waals surface area contributed by atoms with Crippen molar-refractivity contribution in [3.63, 3.8) is 0 Å². The van der Waals surface area contributed by atoms with E-state index in [-0.39, 0.29) is 11.9 Å². The van der Waals surface area contributed by atoms with E-state index >= 15 is 0 Å². The Morgan fingerprint density at radius 2 is 2.04 bits per heavy atom. The van der Waals surface area contributed by atoms with Crippen LogP contribution >= 0.6 is 0 Å². The van der Waals surface area contributed by atoms with E-state index in [1.807, 2.05) is 43.5 Å². The number of amides is 1. The predicted molar refractivity (Wildman–Crippen MR) is 99.9 cm³/mol. The summed E-state index contributed by atoms with van der Waals surface area (Å²) >= 11 is 0. The normalized spacial score (nSPS) is 16.1. The van der Waals surface area contributed by atoms with Crippen molar-refractivity contribution in [2.24, 2.45) is 0 Å². The molecular formula is C21H22N4O. The minimum atomic E-state index is -0.0776. The number of hydrogen-bond acceptors (Lipinski definition) is 3. The summed E-state index contributed by atoms with van der Waals surface area (Å²) in [6, 6.07) is 14.0. The Morgan fingerprint density at radius 3 is 2.81 bits per heavy atom. The summed E-state index contributed by atoms with van der Waals surface area (Å²) in [5, 5.41) is 7.74. The Bertz CT molecular complexity index is 900. The molecule has 0 spiro atoms. The highest BCUT2D eigenvalue weighted by molar-refractivity contribution is 5.94. The Labute approximate surface area is 153 Å². The van der Waals surface area contributed by atoms with E-state index in [2.05, 4.69) is 32.2 Å². The van der Waals surface area contributed by atoms with Gasteiger partial charge in [-0.1, -0.05) is 30.3 Å². The van der Waals surface area contributed by atoms with E-state index in [1.165, 1.54) is 11.3 Å². The van der Waals surface area contributed by atoms with Crippen LogP contribution in [-0.4, -0.2) is 20.7 Å². The maximum atomic E-state index is 12.6. The fraction of sp³-hybridized carbons (Fsp3) is 0.286. The molecule has 0 saturated carbocycles. The van der Waals surface area contributed by atoms with Crippen molar-refractivity contribution in [1.29, 1.82) is 0 Å². The summed E-state index contributed by atoms with van der Waals surface area (Å²) in [5.74, 6) is -0.0776. The third-order valence-corrected chi connectivity index (χ3v) is 4.92. The molecule has 1 aliphatic rings. The lowest BCUT2D eigenvalue weighted by molar-refractivity contribution is 0.0932. The van der Waals surface area contributed by atoms with Gasteiger partial charge in [0.2, 0.25) is 0 Å². The van der Waals surface area contributed by atoms with Gasteiger partial charge in [-0.15, -0.1) is 0 Å². The smallest absolute Gasteiger partial charge is 0.253 e. The zero-order valence-corrected chi connectivity index (χ0v) is 14.9. The highest BCUT2D eigenvalue weighted by Gasteiger charge is 2.26. The molecule has 1 aliphatic carbocycles. The lowest BCUT2D eigenvalue weighted by Crippen LogP contribution is -2.31. The Balaban J connectivity index is 1.52. The number of aryl methyl sites for hydroxylation is 1. The van der Waals surface area contributed by atoms with Gasteiger partial charge in [-0.3, -0.25) is 14.5 Å². The van der Waals surface area contributed by atoms with Crippen LogP contribution < -0.4 is 5.32 Å². The largest absolute Gasteiger partial charge is 0.345 e. The summed E-state index contributed by atoms with van der Waals surface area (Å²) in [6.45, 7) is 2.68. The van der Waals surface area contributed by atoms with Gasteiger partial charge < -0.3 is 5.32 Å². The lowest BCUT2D eigenvalue weighted by atomic mass is 9.92. The van der Waals surface area contributed by atoms with Crippen LogP contribution in [0.1, 0.15) is 51.8 Å². The number of carbonyl (C=O) groups excluding carboxylic acids is 1. The molecule has 1 atom stereocenters. The molecule has 2 heterocycles. The van der Waals surface area contributed by atoms with Crippen LogP contribution in [0.4, 0.5) is 0 Å². The molecule has 0 aliphatic heterocycles. The third-order valence-electron chi connectivity index (χ3n) is 4.92. The number of hydrogen-bond donors (Lipinski definition) is 1. The van der Waals surface area contributed by atoms with Gasteiger partial charge in [-0.05, 0) is 43.9 Å². The second-order valence-electron chi connectivity index (χ2n) is 6.80. The standard InChI is InChI=1S/C21H22N4O/c1-15-10-11-17(12-22-15)21(26)24-19-8-5-9-20-18(19)13-23-25(20)14-16-6-3-2-4-7-16/h2-4,6-7,10-13,19H,5,8-9,14H2,1H3,(H,24,26)/t19-/m1/s1. The van der Waals surface area contributed by atoms with Crippen LogP contribution in [0.5, 0.6) is 0 Å². The molecule has 26 heavy (non-hydrogen) atoms. The number of carbonyl (C=O) groups is 1. The number of nitrogens with one attached hydrogen (secondary N) is 1. The first kappa shape index (κ1) is 16.5. The van der Waals surface area contributed by atoms with E-state index in [0.717, 1.165) is 37.1 Å². The molecule has 1 aromatic carbocycles. The maximum Gasteiger partial charge on any atom is 0.253 e. The van der Waals surface area contributed by atoms with Gasteiger partial charge in [0, 0.05) is 23.1 Å². The zero-order chi connectivity index (χ0) is 17.9. The lowest BCUT2D eigenvalue weighted by Gasteiger charge is -2.24. The topological polar surface area (TPSA) is 59.8 Å². The Hall–Kier alpha value is -2.95. The van der Waals surface area contributed by atoms with Crippen molar-refractivity contribution in [3.8, 4) is 0 Å². The van der Waals surface area contributed by atoms with Gasteiger partial charge in [-0.2, -0.15) is 5.10 Å². The Morgan fingerprint density at radius 1 is 1.19 bits per heavy atom. The minimum Gasteiger partial charge on any atom is -0.345 e.